The SMILES string of the molecule is Cc1ccc(-c2cc3c(cn2)CCC3)cc1. The Morgan fingerprint density at radius 2 is 1.75 bits per heavy atom. The zero-order chi connectivity index (χ0) is 11.0. The minimum Gasteiger partial charge on any atom is -0.256 e. The molecule has 0 radical (unpaired) electrons. The van der Waals surface area contributed by atoms with Crippen LogP contribution in [0.1, 0.15) is 23.1 Å². The maximum atomic E-state index is 4.55. The second kappa shape index (κ2) is 3.75. The predicted molar refractivity (Wildman–Crippen MR) is 66.4 cm³/mol. The lowest BCUT2D eigenvalue weighted by molar-refractivity contribution is 0.911. The van der Waals surface area contributed by atoms with Gasteiger partial charge in [0, 0.05) is 11.8 Å². The van der Waals surface area contributed by atoms with Crippen LogP contribution in [-0.4, -0.2) is 4.98 Å². The monoisotopic (exact) mass is 209 g/mol. The molecule has 0 fully saturated rings. The van der Waals surface area contributed by atoms with E-state index in [1.807, 2.05) is 0 Å². The molecule has 1 aliphatic carbocycles. The van der Waals surface area contributed by atoms with Crippen molar-refractivity contribution in [3.8, 4) is 11.3 Å². The van der Waals surface area contributed by atoms with Crippen LogP contribution in [0.5, 0.6) is 0 Å². The number of hydrogen-bond donors (Lipinski definition) is 0. The van der Waals surface area contributed by atoms with Crippen LogP contribution in [0.25, 0.3) is 11.3 Å². The fourth-order valence-electron chi connectivity index (χ4n) is 2.33. The normalized spacial score (nSPS) is 13.8. The highest BCUT2D eigenvalue weighted by molar-refractivity contribution is 5.61. The Morgan fingerprint density at radius 3 is 2.56 bits per heavy atom. The fraction of sp³-hybridized carbons (Fsp3) is 0.267. The zero-order valence-electron chi connectivity index (χ0n) is 9.53. The van der Waals surface area contributed by atoms with E-state index in [1.54, 1.807) is 0 Å². The molecule has 0 unspecified atom stereocenters. The van der Waals surface area contributed by atoms with Crippen molar-refractivity contribution in [1.29, 1.82) is 0 Å². The van der Waals surface area contributed by atoms with Crippen molar-refractivity contribution in [2.75, 3.05) is 0 Å². The summed E-state index contributed by atoms with van der Waals surface area (Å²) in [5, 5.41) is 0. The summed E-state index contributed by atoms with van der Waals surface area (Å²) in [7, 11) is 0. The number of fused-ring (bicyclic) bond motifs is 1. The van der Waals surface area contributed by atoms with Gasteiger partial charge in [-0.2, -0.15) is 0 Å². The van der Waals surface area contributed by atoms with Crippen molar-refractivity contribution in [3.63, 3.8) is 0 Å². The summed E-state index contributed by atoms with van der Waals surface area (Å²) in [4.78, 5) is 4.55. The standard InChI is InChI=1S/C15H15N/c1-11-5-7-12(8-6-11)15-9-13-3-2-4-14(13)10-16-15/h5-10H,2-4H2,1H3. The lowest BCUT2D eigenvalue weighted by Gasteiger charge is -2.04. The van der Waals surface area contributed by atoms with Crippen molar-refractivity contribution in [2.24, 2.45) is 0 Å². The van der Waals surface area contributed by atoms with Gasteiger partial charge in [-0.15, -0.1) is 0 Å². The third-order valence-electron chi connectivity index (χ3n) is 3.32. The summed E-state index contributed by atoms with van der Waals surface area (Å²) < 4.78 is 0. The van der Waals surface area contributed by atoms with Gasteiger partial charge in [-0.25, -0.2) is 0 Å². The average molecular weight is 209 g/mol. The Bertz CT molecular complexity index is 511. The average Bonchev–Trinajstić information content (AvgIpc) is 2.77. The van der Waals surface area contributed by atoms with E-state index in [0.717, 1.165) is 5.69 Å². The Hall–Kier alpha value is -1.63. The van der Waals surface area contributed by atoms with Crippen LogP contribution in [0.15, 0.2) is 36.5 Å². The van der Waals surface area contributed by atoms with E-state index >= 15 is 0 Å². The maximum absolute atomic E-state index is 4.55. The molecule has 0 N–H and O–H groups in total. The molecule has 80 valence electrons. The molecule has 0 spiro atoms. The molecule has 0 aliphatic heterocycles. The van der Waals surface area contributed by atoms with Gasteiger partial charge in [0.15, 0.2) is 0 Å². The smallest absolute Gasteiger partial charge is 0.0704 e. The molecule has 16 heavy (non-hydrogen) atoms. The first-order chi connectivity index (χ1) is 7.83. The molecule has 1 heteroatoms. The van der Waals surface area contributed by atoms with Gasteiger partial charge < -0.3 is 0 Å². The Labute approximate surface area is 96.2 Å². The number of aromatic nitrogens is 1. The van der Waals surface area contributed by atoms with Crippen molar-refractivity contribution < 1.29 is 0 Å². The first-order valence-corrected chi connectivity index (χ1v) is 5.88. The largest absolute Gasteiger partial charge is 0.256 e. The van der Waals surface area contributed by atoms with Crippen LogP contribution in [0.3, 0.4) is 0 Å². The Balaban J connectivity index is 2.03. The van der Waals surface area contributed by atoms with Gasteiger partial charge in [0.1, 0.15) is 0 Å². The molecule has 1 heterocycles. The van der Waals surface area contributed by atoms with Crippen LogP contribution in [-0.2, 0) is 12.8 Å². The summed E-state index contributed by atoms with van der Waals surface area (Å²) in [5.74, 6) is 0. The molecule has 0 atom stereocenters. The van der Waals surface area contributed by atoms with E-state index in [4.69, 9.17) is 0 Å². The molecule has 1 nitrogen and oxygen atoms in total. The number of benzene rings is 1. The highest BCUT2D eigenvalue weighted by Crippen LogP contribution is 2.25. The molecule has 1 aliphatic rings. The van der Waals surface area contributed by atoms with Crippen molar-refractivity contribution in [1.82, 2.24) is 4.98 Å². The molecule has 0 saturated heterocycles. The molecule has 1 aromatic carbocycles. The van der Waals surface area contributed by atoms with Crippen LogP contribution < -0.4 is 0 Å². The van der Waals surface area contributed by atoms with Crippen molar-refractivity contribution >= 4 is 0 Å². The molecule has 2 aromatic rings. The third-order valence-corrected chi connectivity index (χ3v) is 3.32. The molecule has 1 aromatic heterocycles. The van der Waals surface area contributed by atoms with Gasteiger partial charge in [-0.3, -0.25) is 4.98 Å². The van der Waals surface area contributed by atoms with E-state index < -0.39 is 0 Å². The second-order valence-corrected chi connectivity index (χ2v) is 4.56. The fourth-order valence-corrected chi connectivity index (χ4v) is 2.33. The topological polar surface area (TPSA) is 12.9 Å². The Morgan fingerprint density at radius 1 is 1.00 bits per heavy atom. The Kier molecular flexibility index (Phi) is 2.24. The molecule has 3 rings (SSSR count). The van der Waals surface area contributed by atoms with Gasteiger partial charge in [-0.05, 0) is 43.4 Å². The predicted octanol–water partition coefficient (Wildman–Crippen LogP) is 3.55. The highest BCUT2D eigenvalue weighted by Gasteiger charge is 2.12. The van der Waals surface area contributed by atoms with Gasteiger partial charge in [-0.1, -0.05) is 29.8 Å². The number of hydrogen-bond acceptors (Lipinski definition) is 1. The van der Waals surface area contributed by atoms with E-state index in [0.29, 0.717) is 0 Å². The molecule has 0 amide bonds. The van der Waals surface area contributed by atoms with E-state index in [1.165, 1.54) is 41.5 Å². The van der Waals surface area contributed by atoms with Gasteiger partial charge in [0.05, 0.1) is 5.69 Å². The molecule has 0 bridgehead atoms. The maximum Gasteiger partial charge on any atom is 0.0704 e. The molecular weight excluding hydrogens is 194 g/mol. The summed E-state index contributed by atoms with van der Waals surface area (Å²) in [6.07, 6.45) is 5.76. The van der Waals surface area contributed by atoms with Crippen LogP contribution in [0, 0.1) is 6.92 Å². The van der Waals surface area contributed by atoms with E-state index in [2.05, 4.69) is 48.4 Å². The molecular formula is C15H15N. The van der Waals surface area contributed by atoms with Crippen LogP contribution in [0.2, 0.25) is 0 Å². The zero-order valence-corrected chi connectivity index (χ0v) is 9.53. The summed E-state index contributed by atoms with van der Waals surface area (Å²) in [6, 6.07) is 10.8. The van der Waals surface area contributed by atoms with Gasteiger partial charge in [0.25, 0.3) is 0 Å². The number of rotatable bonds is 1. The quantitative estimate of drug-likeness (QED) is 0.700. The van der Waals surface area contributed by atoms with Crippen LogP contribution in [0.4, 0.5) is 0 Å². The first kappa shape index (κ1) is 9.59. The minimum absolute atomic E-state index is 1.11. The van der Waals surface area contributed by atoms with Crippen LogP contribution >= 0.6 is 0 Å². The minimum atomic E-state index is 1.11. The van der Waals surface area contributed by atoms with Gasteiger partial charge in [0.2, 0.25) is 0 Å². The number of aryl methyl sites for hydroxylation is 3. The summed E-state index contributed by atoms with van der Waals surface area (Å²) in [6.45, 7) is 2.11. The number of nitrogens with zero attached hydrogens (tertiary/aromatic N) is 1. The van der Waals surface area contributed by atoms with E-state index in [9.17, 15) is 0 Å². The first-order valence-electron chi connectivity index (χ1n) is 5.88. The van der Waals surface area contributed by atoms with Crippen molar-refractivity contribution in [3.05, 3.63) is 53.2 Å². The van der Waals surface area contributed by atoms with E-state index in [-0.39, 0.29) is 0 Å². The van der Waals surface area contributed by atoms with Gasteiger partial charge >= 0.3 is 0 Å². The summed E-state index contributed by atoms with van der Waals surface area (Å²) in [5.41, 5.74) is 6.56. The lowest BCUT2D eigenvalue weighted by Crippen LogP contribution is -1.89. The molecule has 0 saturated carbocycles. The van der Waals surface area contributed by atoms with Crippen molar-refractivity contribution in [2.45, 2.75) is 26.2 Å². The number of pyridine rings is 1. The highest BCUT2D eigenvalue weighted by atomic mass is 14.7. The third kappa shape index (κ3) is 1.63. The second-order valence-electron chi connectivity index (χ2n) is 4.56. The summed E-state index contributed by atoms with van der Waals surface area (Å²) >= 11 is 0. The lowest BCUT2D eigenvalue weighted by atomic mass is 10.1.